The van der Waals surface area contributed by atoms with Gasteiger partial charge in [0.25, 0.3) is 5.56 Å². The third-order valence-corrected chi connectivity index (χ3v) is 11.4. The summed E-state index contributed by atoms with van der Waals surface area (Å²) >= 11 is 1.56. The largest absolute Gasteiger partial charge is 0.491 e. The Labute approximate surface area is 381 Å². The number of nitrogens with one attached hydrogen (secondary N) is 1. The smallest absolute Gasteiger partial charge is 0.266 e. The van der Waals surface area contributed by atoms with Crippen molar-refractivity contribution in [1.29, 1.82) is 0 Å². The van der Waals surface area contributed by atoms with E-state index in [1.807, 2.05) is 56.6 Å². The first-order chi connectivity index (χ1) is 31.6. The average molecular weight is 910 g/mol. The SMILES string of the molecule is Cc1ncsc1-c1ccc(CNC(=O)[C@@H]2CCCN2C(=O)CC(C)C)c(OCCOCCOCCOCCOc2ccc(COc3ccc4oc(-c5ccc(=O)n(C)n5)nc4c3)nc2)c1. The second-order valence-corrected chi connectivity index (χ2v) is 16.6. The molecule has 65 heavy (non-hydrogen) atoms. The maximum absolute atomic E-state index is 13.3. The van der Waals surface area contributed by atoms with Crippen LogP contribution in [0.15, 0.2) is 81.6 Å². The zero-order valence-electron chi connectivity index (χ0n) is 37.2. The van der Waals surface area contributed by atoms with Crippen molar-refractivity contribution in [2.45, 2.75) is 59.2 Å². The summed E-state index contributed by atoms with van der Waals surface area (Å²) in [5, 5.41) is 7.25. The van der Waals surface area contributed by atoms with Crippen molar-refractivity contribution >= 4 is 34.3 Å². The van der Waals surface area contributed by atoms with Crippen molar-refractivity contribution in [2.24, 2.45) is 13.0 Å². The third-order valence-electron chi connectivity index (χ3n) is 10.4. The summed E-state index contributed by atoms with van der Waals surface area (Å²) in [4.78, 5) is 53.8. The van der Waals surface area contributed by atoms with Gasteiger partial charge in [-0.1, -0.05) is 26.0 Å². The summed E-state index contributed by atoms with van der Waals surface area (Å²) in [5.41, 5.74) is 6.73. The Morgan fingerprint density at radius 3 is 2.34 bits per heavy atom. The van der Waals surface area contributed by atoms with Crippen molar-refractivity contribution in [1.82, 2.24) is 34.9 Å². The van der Waals surface area contributed by atoms with Gasteiger partial charge in [-0.05, 0) is 67.6 Å². The molecule has 0 unspecified atom stereocenters. The summed E-state index contributed by atoms with van der Waals surface area (Å²) in [7, 11) is 1.57. The number of nitrogens with zero attached hydrogens (tertiary/aromatic N) is 6. The minimum atomic E-state index is -0.449. The summed E-state index contributed by atoms with van der Waals surface area (Å²) < 4.78 is 42.0. The van der Waals surface area contributed by atoms with E-state index in [2.05, 4.69) is 25.4 Å². The van der Waals surface area contributed by atoms with Crippen LogP contribution in [0.3, 0.4) is 0 Å². The average Bonchev–Trinajstić information content (AvgIpc) is 4.08. The van der Waals surface area contributed by atoms with Gasteiger partial charge in [0.05, 0.1) is 67.6 Å². The van der Waals surface area contributed by atoms with Gasteiger partial charge in [-0.25, -0.2) is 14.6 Å². The number of pyridine rings is 1. The molecular formula is C47H55N7O10S. The topological polar surface area (TPSA) is 191 Å². The van der Waals surface area contributed by atoms with Crippen molar-refractivity contribution < 1.29 is 42.4 Å². The fourth-order valence-corrected chi connectivity index (χ4v) is 7.89. The predicted molar refractivity (Wildman–Crippen MR) is 243 cm³/mol. The Morgan fingerprint density at radius 2 is 1.63 bits per heavy atom. The van der Waals surface area contributed by atoms with Crippen LogP contribution in [-0.4, -0.2) is 107 Å². The van der Waals surface area contributed by atoms with Crippen LogP contribution >= 0.6 is 11.3 Å². The number of amides is 2. The number of aromatic nitrogens is 5. The standard InChI is InChI=1S/C47H55N7O10S/c1-31(2)24-44(56)54-15-5-6-40(54)46(57)49-27-34-8-7-33(45-32(3)50-30-65-45)25-42(34)62-23-21-60-19-17-58-16-18-59-20-22-61-37-10-9-35(48-28-37)29-63-36-11-13-41-39(26-36)51-47(64-41)38-12-14-43(55)53(4)52-38/h7-14,25-26,28,30-31,40H,5-6,15-24,27,29H2,1-4H3,(H,49,57)/t40-/m0/s1. The first-order valence-electron chi connectivity index (χ1n) is 21.7. The number of aryl methyl sites for hydroxylation is 2. The van der Waals surface area contributed by atoms with Gasteiger partial charge in [-0.2, -0.15) is 5.10 Å². The van der Waals surface area contributed by atoms with Crippen LogP contribution in [0.4, 0.5) is 0 Å². The number of thiazole rings is 1. The maximum atomic E-state index is 13.3. The number of oxazole rings is 1. The highest BCUT2D eigenvalue weighted by molar-refractivity contribution is 7.13. The van der Waals surface area contributed by atoms with Crippen LogP contribution < -0.4 is 25.1 Å². The number of fused-ring (bicyclic) bond motifs is 1. The van der Waals surface area contributed by atoms with E-state index < -0.39 is 6.04 Å². The number of benzene rings is 2. The van der Waals surface area contributed by atoms with E-state index in [4.69, 9.17) is 32.8 Å². The molecule has 1 aliphatic rings. The number of carbonyl (C=O) groups excluding carboxylic acids is 2. The molecule has 2 aromatic carbocycles. The minimum absolute atomic E-state index is 0.0317. The molecule has 2 amide bonds. The van der Waals surface area contributed by atoms with Crippen LogP contribution in [0, 0.1) is 12.8 Å². The van der Waals surface area contributed by atoms with Gasteiger partial charge in [0.2, 0.25) is 17.7 Å². The molecule has 0 bridgehead atoms. The molecule has 1 N–H and O–H groups in total. The van der Waals surface area contributed by atoms with Crippen LogP contribution in [0.1, 0.15) is 50.1 Å². The van der Waals surface area contributed by atoms with Gasteiger partial charge in [0.15, 0.2) is 5.58 Å². The lowest BCUT2D eigenvalue weighted by Gasteiger charge is -2.25. The van der Waals surface area contributed by atoms with Gasteiger partial charge >= 0.3 is 0 Å². The second-order valence-electron chi connectivity index (χ2n) is 15.8. The number of hydrogen-bond acceptors (Lipinski definition) is 15. The highest BCUT2D eigenvalue weighted by atomic mass is 32.1. The van der Waals surface area contributed by atoms with Crippen LogP contribution in [0.5, 0.6) is 17.2 Å². The molecule has 6 aromatic rings. The summed E-state index contributed by atoms with van der Waals surface area (Å²) in [6.07, 6.45) is 3.56. The number of rotatable bonds is 24. The molecule has 1 fully saturated rings. The molecular weight excluding hydrogens is 855 g/mol. The van der Waals surface area contributed by atoms with E-state index in [0.29, 0.717) is 112 Å². The number of ether oxygens (including phenoxy) is 6. The monoisotopic (exact) mass is 909 g/mol. The molecule has 1 saturated heterocycles. The summed E-state index contributed by atoms with van der Waals surface area (Å²) in [5.74, 6) is 2.31. The van der Waals surface area contributed by atoms with E-state index in [1.165, 1.54) is 10.7 Å². The van der Waals surface area contributed by atoms with Gasteiger partial charge < -0.3 is 43.1 Å². The molecule has 344 valence electrons. The van der Waals surface area contributed by atoms with Crippen LogP contribution in [0.25, 0.3) is 33.1 Å². The van der Waals surface area contributed by atoms with E-state index in [-0.39, 0.29) is 36.4 Å². The molecule has 0 aliphatic carbocycles. The lowest BCUT2D eigenvalue weighted by molar-refractivity contribution is -0.139. The number of carbonyl (C=O) groups is 2. The highest BCUT2D eigenvalue weighted by Crippen LogP contribution is 2.32. The maximum Gasteiger partial charge on any atom is 0.266 e. The summed E-state index contributed by atoms with van der Waals surface area (Å²) in [6.45, 7) is 10.2. The molecule has 7 rings (SSSR count). The quantitative estimate of drug-likeness (QED) is 0.0680. The fraction of sp³-hybridized carbons (Fsp3) is 0.426. The van der Waals surface area contributed by atoms with E-state index in [9.17, 15) is 14.4 Å². The lowest BCUT2D eigenvalue weighted by atomic mass is 10.1. The van der Waals surface area contributed by atoms with E-state index in [0.717, 1.165) is 33.8 Å². The zero-order chi connectivity index (χ0) is 45.5. The van der Waals surface area contributed by atoms with Gasteiger partial charge in [-0.15, -0.1) is 11.3 Å². The molecule has 17 nitrogen and oxygen atoms in total. The van der Waals surface area contributed by atoms with Gasteiger partial charge in [0, 0.05) is 44.3 Å². The highest BCUT2D eigenvalue weighted by Gasteiger charge is 2.34. The molecule has 0 radical (unpaired) electrons. The van der Waals surface area contributed by atoms with Crippen molar-refractivity contribution in [2.75, 3.05) is 59.4 Å². The van der Waals surface area contributed by atoms with Crippen LogP contribution in [0.2, 0.25) is 0 Å². The fourth-order valence-electron chi connectivity index (χ4n) is 7.09. The zero-order valence-corrected chi connectivity index (χ0v) is 38.0. The molecule has 1 aliphatic heterocycles. The first kappa shape index (κ1) is 46.8. The Hall–Kier alpha value is -6.21. The van der Waals surface area contributed by atoms with E-state index >= 15 is 0 Å². The lowest BCUT2D eigenvalue weighted by Crippen LogP contribution is -2.46. The molecule has 4 aromatic heterocycles. The first-order valence-corrected chi connectivity index (χ1v) is 22.6. The van der Waals surface area contributed by atoms with Gasteiger partial charge in [-0.3, -0.25) is 19.4 Å². The Balaban J connectivity index is 0.748. The van der Waals surface area contributed by atoms with Crippen molar-refractivity contribution in [3.63, 3.8) is 0 Å². The Kier molecular flexibility index (Phi) is 16.6. The molecule has 5 heterocycles. The normalized spacial score (nSPS) is 13.7. The Bertz CT molecular complexity index is 2560. The van der Waals surface area contributed by atoms with Crippen molar-refractivity contribution in [3.05, 3.63) is 99.7 Å². The predicted octanol–water partition coefficient (Wildman–Crippen LogP) is 6.16. The van der Waals surface area contributed by atoms with Gasteiger partial charge in [0.1, 0.15) is 54.3 Å². The van der Waals surface area contributed by atoms with Crippen molar-refractivity contribution in [3.8, 4) is 39.3 Å². The third kappa shape index (κ3) is 13.2. The number of hydrogen-bond donors (Lipinski definition) is 1. The second kappa shape index (κ2) is 23.1. The summed E-state index contributed by atoms with van der Waals surface area (Å²) in [6, 6.07) is 17.5. The van der Waals surface area contributed by atoms with Crippen LogP contribution in [-0.2, 0) is 44.0 Å². The van der Waals surface area contributed by atoms with E-state index in [1.54, 1.807) is 53.7 Å². The molecule has 1 atom stereocenters. The molecule has 0 saturated carbocycles. The Morgan fingerprint density at radius 1 is 0.877 bits per heavy atom. The molecule has 0 spiro atoms. The number of likely N-dealkylation sites (tertiary alicyclic amines) is 1. The molecule has 18 heteroatoms. The minimum Gasteiger partial charge on any atom is -0.491 e.